The van der Waals surface area contributed by atoms with E-state index in [0.717, 1.165) is 51.1 Å². The summed E-state index contributed by atoms with van der Waals surface area (Å²) < 4.78 is 65.1. The summed E-state index contributed by atoms with van der Waals surface area (Å²) in [5, 5.41) is 17.9. The molecular weight excluding hydrogens is 709 g/mol. The number of hydrogen-bond donors (Lipinski definition) is 5. The third-order valence-corrected chi connectivity index (χ3v) is 11.5. The number of hydrogen-bond acceptors (Lipinski definition) is 11. The molecule has 0 amide bonds. The molecule has 52 heavy (non-hydrogen) atoms. The van der Waals surface area contributed by atoms with Crippen LogP contribution < -0.4 is 25.8 Å². The Morgan fingerprint density at radius 1 is 0.635 bits per heavy atom. The number of anilines is 5. The molecule has 14 nitrogen and oxygen atoms in total. The van der Waals surface area contributed by atoms with Crippen LogP contribution in [0.15, 0.2) is 107 Å². The number of ether oxygens (including phenoxy) is 2. The van der Waals surface area contributed by atoms with Crippen molar-refractivity contribution in [2.24, 2.45) is 11.8 Å². The molecule has 16 heteroatoms. The molecule has 6 N–H and O–H groups in total. The van der Waals surface area contributed by atoms with Crippen LogP contribution >= 0.6 is 0 Å². The summed E-state index contributed by atoms with van der Waals surface area (Å²) in [7, 11) is -7.42. The highest BCUT2D eigenvalue weighted by atomic mass is 32.2. The minimum absolute atomic E-state index is 0.0920. The Balaban J connectivity index is 0.000000202. The summed E-state index contributed by atoms with van der Waals surface area (Å²) in [5.41, 5.74) is 8.18. The zero-order valence-electron chi connectivity index (χ0n) is 28.6. The van der Waals surface area contributed by atoms with Crippen molar-refractivity contribution in [2.75, 3.05) is 65.3 Å². The van der Waals surface area contributed by atoms with E-state index in [1.807, 2.05) is 0 Å². The van der Waals surface area contributed by atoms with Gasteiger partial charge >= 0.3 is 0 Å². The van der Waals surface area contributed by atoms with Crippen molar-refractivity contribution < 1.29 is 31.2 Å². The minimum Gasteiger partial charge on any atom is -0.397 e. The molecule has 2 fully saturated rings. The van der Waals surface area contributed by atoms with Gasteiger partial charge in [0.15, 0.2) is 0 Å². The molecule has 0 unspecified atom stereocenters. The molecule has 278 valence electrons. The molecular formula is C36H44N6O8S2. The highest BCUT2D eigenvalue weighted by molar-refractivity contribution is 7.93. The second-order valence-electron chi connectivity index (χ2n) is 12.5. The molecule has 2 heterocycles. The quantitative estimate of drug-likeness (QED) is 0.0596. The van der Waals surface area contributed by atoms with Crippen molar-refractivity contribution in [2.45, 2.75) is 35.5 Å². The summed E-state index contributed by atoms with van der Waals surface area (Å²) in [6.07, 6.45) is 3.91. The fourth-order valence-corrected chi connectivity index (χ4v) is 7.86. The Kier molecular flexibility index (Phi) is 13.3. The lowest BCUT2D eigenvalue weighted by atomic mass is 10.0. The predicted molar refractivity (Wildman–Crippen MR) is 203 cm³/mol. The van der Waals surface area contributed by atoms with Gasteiger partial charge in [-0.1, -0.05) is 36.4 Å². The Morgan fingerprint density at radius 2 is 1.06 bits per heavy atom. The van der Waals surface area contributed by atoms with Crippen LogP contribution in [0.5, 0.6) is 0 Å². The number of nitro benzene ring substituents is 1. The van der Waals surface area contributed by atoms with Gasteiger partial charge in [-0.05, 0) is 92.1 Å². The largest absolute Gasteiger partial charge is 0.397 e. The first kappa shape index (κ1) is 38.3. The molecule has 2 aliphatic rings. The predicted octanol–water partition coefficient (Wildman–Crippen LogP) is 6.14. The van der Waals surface area contributed by atoms with E-state index in [1.165, 1.54) is 30.3 Å². The molecule has 4 aromatic rings. The lowest BCUT2D eigenvalue weighted by Crippen LogP contribution is -2.23. The number of nitrogens with one attached hydrogen (secondary N) is 4. The van der Waals surface area contributed by atoms with Crippen molar-refractivity contribution >= 4 is 54.2 Å². The Morgan fingerprint density at radius 3 is 1.50 bits per heavy atom. The molecule has 4 aromatic carbocycles. The third-order valence-electron chi connectivity index (χ3n) is 8.70. The van der Waals surface area contributed by atoms with E-state index >= 15 is 0 Å². The number of nitro groups is 1. The van der Waals surface area contributed by atoms with Gasteiger partial charge in [-0.2, -0.15) is 0 Å². The average molecular weight is 753 g/mol. The van der Waals surface area contributed by atoms with Crippen LogP contribution in [0.2, 0.25) is 0 Å². The first-order valence-electron chi connectivity index (χ1n) is 17.0. The van der Waals surface area contributed by atoms with Crippen LogP contribution in [-0.4, -0.2) is 61.3 Å². The van der Waals surface area contributed by atoms with Crippen molar-refractivity contribution in [1.82, 2.24) is 0 Å². The second-order valence-corrected chi connectivity index (χ2v) is 15.9. The van der Waals surface area contributed by atoms with Crippen LogP contribution in [0.25, 0.3) is 0 Å². The zero-order chi connectivity index (χ0) is 37.0. The van der Waals surface area contributed by atoms with Gasteiger partial charge in [0, 0.05) is 45.6 Å². The maximum atomic E-state index is 12.4. The van der Waals surface area contributed by atoms with Crippen LogP contribution in [0.3, 0.4) is 0 Å². The topological polar surface area (TPSA) is 204 Å². The van der Waals surface area contributed by atoms with Gasteiger partial charge in [0.2, 0.25) is 0 Å². The Labute approximate surface area is 304 Å². The summed E-state index contributed by atoms with van der Waals surface area (Å²) in [5.74, 6) is 0.971. The van der Waals surface area contributed by atoms with E-state index < -0.39 is 25.0 Å². The standard InChI is InChI=1S/C18H21N3O5S.C18H23N3O3S/c22-21(23)18-12-15(20-27(24,25)16-4-2-1-3-5-16)6-7-17(18)19-13-14-8-10-26-11-9-14;19-17-12-15(21-25(22,23)16-4-2-1-3-5-16)6-7-18(17)20-13-14-8-10-24-11-9-14/h1-7,12,14,19-20H,8-11,13H2;1-7,12,14,20-21H,8-11,13,19H2. The number of sulfonamides is 2. The van der Waals surface area contributed by atoms with Crippen LogP contribution in [0.4, 0.5) is 34.1 Å². The van der Waals surface area contributed by atoms with Gasteiger partial charge in [0.1, 0.15) is 5.69 Å². The van der Waals surface area contributed by atoms with Crippen LogP contribution in [-0.2, 0) is 29.5 Å². The number of rotatable bonds is 13. The van der Waals surface area contributed by atoms with E-state index in [4.69, 9.17) is 15.2 Å². The number of nitrogens with two attached hydrogens (primary N) is 1. The molecule has 0 radical (unpaired) electrons. The van der Waals surface area contributed by atoms with E-state index in [1.54, 1.807) is 66.7 Å². The smallest absolute Gasteiger partial charge is 0.294 e. The SMILES string of the molecule is Nc1cc(NS(=O)(=O)c2ccccc2)ccc1NCC1CCOCC1.O=[N+]([O-])c1cc(NS(=O)(=O)c2ccccc2)ccc1NCC1CCOCC1. The fraction of sp³-hybridized carbons (Fsp3) is 0.333. The lowest BCUT2D eigenvalue weighted by molar-refractivity contribution is -0.383. The molecule has 2 aliphatic heterocycles. The van der Waals surface area contributed by atoms with Gasteiger partial charge in [-0.3, -0.25) is 19.6 Å². The first-order valence-corrected chi connectivity index (χ1v) is 19.9. The van der Waals surface area contributed by atoms with Crippen molar-refractivity contribution in [3.8, 4) is 0 Å². The monoisotopic (exact) mass is 752 g/mol. The highest BCUT2D eigenvalue weighted by Crippen LogP contribution is 2.30. The van der Waals surface area contributed by atoms with Crippen molar-refractivity contribution in [3.05, 3.63) is 107 Å². The molecule has 2 saturated heterocycles. The van der Waals surface area contributed by atoms with Gasteiger partial charge in [0.05, 0.1) is 37.5 Å². The van der Waals surface area contributed by atoms with E-state index in [9.17, 15) is 26.9 Å². The highest BCUT2D eigenvalue weighted by Gasteiger charge is 2.21. The number of benzene rings is 4. The third kappa shape index (κ3) is 11.0. The van der Waals surface area contributed by atoms with Gasteiger partial charge in [-0.25, -0.2) is 16.8 Å². The van der Waals surface area contributed by atoms with E-state index in [0.29, 0.717) is 48.7 Å². The number of nitrogen functional groups attached to an aromatic ring is 1. The Hall–Kier alpha value is -4.90. The molecule has 0 bridgehead atoms. The molecule has 0 aromatic heterocycles. The molecule has 0 atom stereocenters. The van der Waals surface area contributed by atoms with Crippen molar-refractivity contribution in [3.63, 3.8) is 0 Å². The maximum absolute atomic E-state index is 12.4. The zero-order valence-corrected chi connectivity index (χ0v) is 30.2. The summed E-state index contributed by atoms with van der Waals surface area (Å²) in [6, 6.07) is 25.5. The van der Waals surface area contributed by atoms with Crippen molar-refractivity contribution in [1.29, 1.82) is 0 Å². The normalized spacial score (nSPS) is 15.5. The molecule has 6 rings (SSSR count). The van der Waals surface area contributed by atoms with E-state index in [2.05, 4.69) is 20.1 Å². The molecule has 0 saturated carbocycles. The second kappa shape index (κ2) is 18.0. The van der Waals surface area contributed by atoms with Crippen LogP contribution in [0.1, 0.15) is 25.7 Å². The average Bonchev–Trinajstić information content (AvgIpc) is 3.15. The van der Waals surface area contributed by atoms with Gasteiger partial charge < -0.3 is 25.8 Å². The Bertz CT molecular complexity index is 1990. The lowest BCUT2D eigenvalue weighted by Gasteiger charge is -2.23. The van der Waals surface area contributed by atoms with Gasteiger partial charge in [0.25, 0.3) is 25.7 Å². The van der Waals surface area contributed by atoms with Gasteiger partial charge in [-0.15, -0.1) is 0 Å². The summed E-state index contributed by atoms with van der Waals surface area (Å²) >= 11 is 0. The summed E-state index contributed by atoms with van der Waals surface area (Å²) in [4.78, 5) is 11.2. The molecule has 0 aliphatic carbocycles. The maximum Gasteiger partial charge on any atom is 0.294 e. The first-order chi connectivity index (χ1) is 25.0. The minimum atomic E-state index is -3.80. The summed E-state index contributed by atoms with van der Waals surface area (Å²) in [6.45, 7) is 4.47. The number of nitrogens with zero attached hydrogens (tertiary/aromatic N) is 1. The molecule has 0 spiro atoms. The van der Waals surface area contributed by atoms with Crippen LogP contribution in [0, 0.1) is 22.0 Å². The van der Waals surface area contributed by atoms with E-state index in [-0.39, 0.29) is 21.2 Å². The fourth-order valence-electron chi connectivity index (χ4n) is 5.72.